The first kappa shape index (κ1) is 15.6. The summed E-state index contributed by atoms with van der Waals surface area (Å²) >= 11 is 0. The molecule has 1 atom stereocenters. The molecule has 108 valence electrons. The van der Waals surface area contributed by atoms with Crippen molar-refractivity contribution in [1.29, 1.82) is 0 Å². The van der Waals surface area contributed by atoms with Crippen molar-refractivity contribution >= 4 is 11.6 Å². The van der Waals surface area contributed by atoms with Crippen molar-refractivity contribution in [2.75, 3.05) is 31.1 Å². The zero-order valence-corrected chi connectivity index (χ0v) is 11.8. The molecule has 0 saturated carbocycles. The molecule has 7 heteroatoms. The number of methoxy groups -OCH3 is 1. The van der Waals surface area contributed by atoms with E-state index < -0.39 is 0 Å². The number of nitrogens with one attached hydrogen (secondary N) is 2. The third kappa shape index (κ3) is 5.37. The standard InChI is InChI=1S/C12H23N5O2/c1-4-9(7-18-3)14-10-6-11(17-13)16-12(15-10)8-19-5-2/h6,9H,4-5,7-8,13H2,1-3H3,(H2,14,15,16,17). The summed E-state index contributed by atoms with van der Waals surface area (Å²) in [6, 6.07) is 1.96. The SMILES string of the molecule is CCOCc1nc(NN)cc(NC(CC)COC)n1. The largest absolute Gasteiger partial charge is 0.383 e. The molecule has 0 radical (unpaired) electrons. The summed E-state index contributed by atoms with van der Waals surface area (Å²) in [5.74, 6) is 7.26. The molecule has 4 N–H and O–H groups in total. The summed E-state index contributed by atoms with van der Waals surface area (Å²) in [6.45, 7) is 5.61. The number of nitrogens with two attached hydrogens (primary N) is 1. The topological polar surface area (TPSA) is 94.3 Å². The molecule has 1 aromatic heterocycles. The number of hydrogen-bond acceptors (Lipinski definition) is 7. The number of rotatable bonds is 9. The second-order valence-corrected chi connectivity index (χ2v) is 4.04. The Kier molecular flexibility index (Phi) is 7.09. The summed E-state index contributed by atoms with van der Waals surface area (Å²) in [7, 11) is 1.68. The number of nitrogens with zero attached hydrogens (tertiary/aromatic N) is 2. The lowest BCUT2D eigenvalue weighted by atomic mass is 10.2. The van der Waals surface area contributed by atoms with Crippen LogP contribution < -0.4 is 16.6 Å². The fraction of sp³-hybridized carbons (Fsp3) is 0.667. The van der Waals surface area contributed by atoms with Gasteiger partial charge in [-0.05, 0) is 13.3 Å². The summed E-state index contributed by atoms with van der Waals surface area (Å²) in [6.07, 6.45) is 0.935. The van der Waals surface area contributed by atoms with Crippen LogP contribution in [0.15, 0.2) is 6.07 Å². The van der Waals surface area contributed by atoms with Crippen LogP contribution in [-0.2, 0) is 16.1 Å². The van der Waals surface area contributed by atoms with Gasteiger partial charge in [-0.1, -0.05) is 6.92 Å². The average Bonchev–Trinajstić information content (AvgIpc) is 2.44. The van der Waals surface area contributed by atoms with E-state index in [1.165, 1.54) is 0 Å². The van der Waals surface area contributed by atoms with Crippen molar-refractivity contribution in [3.63, 3.8) is 0 Å². The van der Waals surface area contributed by atoms with Gasteiger partial charge in [-0.15, -0.1) is 0 Å². The third-order valence-electron chi connectivity index (χ3n) is 2.57. The molecule has 1 aromatic rings. The van der Waals surface area contributed by atoms with Gasteiger partial charge in [0.15, 0.2) is 5.82 Å². The highest BCUT2D eigenvalue weighted by atomic mass is 16.5. The van der Waals surface area contributed by atoms with Crippen LogP contribution in [0.5, 0.6) is 0 Å². The average molecular weight is 269 g/mol. The van der Waals surface area contributed by atoms with Crippen LogP contribution in [0.1, 0.15) is 26.1 Å². The van der Waals surface area contributed by atoms with E-state index in [1.54, 1.807) is 13.2 Å². The van der Waals surface area contributed by atoms with Gasteiger partial charge in [-0.3, -0.25) is 0 Å². The lowest BCUT2D eigenvalue weighted by molar-refractivity contribution is 0.128. The third-order valence-corrected chi connectivity index (χ3v) is 2.57. The van der Waals surface area contributed by atoms with Gasteiger partial charge in [0.05, 0.1) is 12.6 Å². The highest BCUT2D eigenvalue weighted by Gasteiger charge is 2.09. The molecule has 0 amide bonds. The number of hydrogen-bond donors (Lipinski definition) is 3. The van der Waals surface area contributed by atoms with E-state index in [0.717, 1.165) is 6.42 Å². The normalized spacial score (nSPS) is 12.2. The van der Waals surface area contributed by atoms with Gasteiger partial charge in [0.2, 0.25) is 0 Å². The zero-order chi connectivity index (χ0) is 14.1. The first-order valence-corrected chi connectivity index (χ1v) is 6.41. The molecular formula is C12H23N5O2. The number of anilines is 2. The maximum Gasteiger partial charge on any atom is 0.158 e. The Hall–Kier alpha value is -1.44. The van der Waals surface area contributed by atoms with Crippen LogP contribution in [0.25, 0.3) is 0 Å². The second kappa shape index (κ2) is 8.63. The Balaban J connectivity index is 2.80. The van der Waals surface area contributed by atoms with E-state index in [9.17, 15) is 0 Å². The highest BCUT2D eigenvalue weighted by molar-refractivity contribution is 5.47. The predicted octanol–water partition coefficient (Wildman–Crippen LogP) is 1.14. The molecule has 7 nitrogen and oxygen atoms in total. The van der Waals surface area contributed by atoms with Crippen LogP contribution in [0.4, 0.5) is 11.6 Å². The van der Waals surface area contributed by atoms with E-state index in [4.69, 9.17) is 15.3 Å². The maximum atomic E-state index is 5.40. The molecule has 1 unspecified atom stereocenters. The molecule has 0 fully saturated rings. The Labute approximate surface area is 113 Å². The highest BCUT2D eigenvalue weighted by Crippen LogP contribution is 2.13. The molecule has 0 aliphatic heterocycles. The summed E-state index contributed by atoms with van der Waals surface area (Å²) in [4.78, 5) is 8.62. The maximum absolute atomic E-state index is 5.40. The Morgan fingerprint density at radius 1 is 1.32 bits per heavy atom. The van der Waals surface area contributed by atoms with Crippen molar-refractivity contribution in [3.05, 3.63) is 11.9 Å². The van der Waals surface area contributed by atoms with Gasteiger partial charge in [0.25, 0.3) is 0 Å². The minimum atomic E-state index is 0.200. The van der Waals surface area contributed by atoms with Crippen LogP contribution in [0, 0.1) is 0 Å². The molecule has 0 saturated heterocycles. The Morgan fingerprint density at radius 2 is 2.05 bits per heavy atom. The molecule has 0 aliphatic carbocycles. The van der Waals surface area contributed by atoms with Crippen molar-refractivity contribution in [2.45, 2.75) is 32.9 Å². The second-order valence-electron chi connectivity index (χ2n) is 4.04. The molecule has 0 aliphatic rings. The van der Waals surface area contributed by atoms with Crippen molar-refractivity contribution in [1.82, 2.24) is 9.97 Å². The van der Waals surface area contributed by atoms with Crippen LogP contribution in [-0.4, -0.2) is 36.3 Å². The molecule has 0 bridgehead atoms. The van der Waals surface area contributed by atoms with Crippen molar-refractivity contribution in [3.8, 4) is 0 Å². The quantitative estimate of drug-likeness (QED) is 0.457. The number of hydrazine groups is 1. The summed E-state index contributed by atoms with van der Waals surface area (Å²) < 4.78 is 10.5. The van der Waals surface area contributed by atoms with Gasteiger partial charge in [-0.25, -0.2) is 15.8 Å². The summed E-state index contributed by atoms with van der Waals surface area (Å²) in [5, 5.41) is 3.29. The molecule has 1 heterocycles. The first-order chi connectivity index (χ1) is 9.23. The molecular weight excluding hydrogens is 246 g/mol. The Morgan fingerprint density at radius 3 is 2.63 bits per heavy atom. The van der Waals surface area contributed by atoms with Gasteiger partial charge in [-0.2, -0.15) is 0 Å². The number of nitrogen functional groups attached to an aromatic ring is 1. The van der Waals surface area contributed by atoms with Gasteiger partial charge in [0.1, 0.15) is 18.2 Å². The molecule has 0 aromatic carbocycles. The minimum absolute atomic E-state index is 0.200. The molecule has 19 heavy (non-hydrogen) atoms. The van der Waals surface area contributed by atoms with E-state index in [1.807, 2.05) is 6.92 Å². The minimum Gasteiger partial charge on any atom is -0.383 e. The van der Waals surface area contributed by atoms with Crippen molar-refractivity contribution in [2.24, 2.45) is 5.84 Å². The van der Waals surface area contributed by atoms with Gasteiger partial charge in [0, 0.05) is 19.8 Å². The zero-order valence-electron chi connectivity index (χ0n) is 11.8. The van der Waals surface area contributed by atoms with Crippen molar-refractivity contribution < 1.29 is 9.47 Å². The van der Waals surface area contributed by atoms with Crippen LogP contribution >= 0.6 is 0 Å². The summed E-state index contributed by atoms with van der Waals surface area (Å²) in [5.41, 5.74) is 2.53. The molecule has 0 spiro atoms. The van der Waals surface area contributed by atoms with E-state index in [2.05, 4.69) is 27.6 Å². The molecule has 1 rings (SSSR count). The number of aromatic nitrogens is 2. The van der Waals surface area contributed by atoms with Crippen LogP contribution in [0.2, 0.25) is 0 Å². The van der Waals surface area contributed by atoms with Gasteiger partial charge < -0.3 is 20.2 Å². The monoisotopic (exact) mass is 269 g/mol. The lowest BCUT2D eigenvalue weighted by Gasteiger charge is -2.17. The lowest BCUT2D eigenvalue weighted by Crippen LogP contribution is -2.25. The smallest absolute Gasteiger partial charge is 0.158 e. The fourth-order valence-electron chi connectivity index (χ4n) is 1.57. The van der Waals surface area contributed by atoms with E-state index >= 15 is 0 Å². The predicted molar refractivity (Wildman–Crippen MR) is 74.7 cm³/mol. The first-order valence-electron chi connectivity index (χ1n) is 6.41. The van der Waals surface area contributed by atoms with E-state index in [-0.39, 0.29) is 6.04 Å². The van der Waals surface area contributed by atoms with Crippen LogP contribution in [0.3, 0.4) is 0 Å². The number of ether oxygens (including phenoxy) is 2. The van der Waals surface area contributed by atoms with Gasteiger partial charge >= 0.3 is 0 Å². The van der Waals surface area contributed by atoms with E-state index in [0.29, 0.717) is 37.3 Å². The fourth-order valence-corrected chi connectivity index (χ4v) is 1.57. The Bertz CT molecular complexity index is 375.